The van der Waals surface area contributed by atoms with Gasteiger partial charge in [-0.05, 0) is 70.1 Å². The van der Waals surface area contributed by atoms with E-state index in [9.17, 15) is 67.5 Å². The highest BCUT2D eigenvalue weighted by Gasteiger charge is 2.50. The maximum atomic E-state index is 14.3. The van der Waals surface area contributed by atoms with Crippen molar-refractivity contribution in [1.29, 1.82) is 5.26 Å². The Kier molecular flexibility index (Phi) is 6.50. The lowest BCUT2D eigenvalue weighted by Crippen LogP contribution is -2.38. The van der Waals surface area contributed by atoms with Gasteiger partial charge in [-0.25, -0.2) is 4.98 Å². The van der Waals surface area contributed by atoms with Crippen molar-refractivity contribution in [2.45, 2.75) is 36.8 Å². The highest BCUT2D eigenvalue weighted by Crippen LogP contribution is 2.49. The molecule has 298 valence electrons. The molecule has 0 saturated carbocycles. The van der Waals surface area contributed by atoms with E-state index in [2.05, 4.69) is 9.98 Å². The van der Waals surface area contributed by atoms with E-state index in [0.29, 0.717) is 32.7 Å². The molecule has 0 radical (unpaired) electrons. The normalized spacial score (nSPS) is 17.8. The van der Waals surface area contributed by atoms with E-state index in [0.717, 1.165) is 10.6 Å². The van der Waals surface area contributed by atoms with Crippen molar-refractivity contribution in [1.82, 2.24) is 14.0 Å². The standard InChI is InChI=1S/C41H13F12N5O2/c42-38(43,44)14-8-23(40(48,49)50)32-25(10-14)57-34(55-32)19-5-3-18-27-13(12-54)7-22-30-20(4-1-17(31(27)30)16-2-6-21(36(57)59)29(19)28(16)18)35-56-33-24(41(51,52)53)9-15(39(45,46)47)11-26(33)58(35)37(22)60/h1-11,25,32H. The summed E-state index contributed by atoms with van der Waals surface area (Å²) >= 11 is 0. The third-order valence-electron chi connectivity index (χ3n) is 11.6. The largest absolute Gasteiger partial charge is 0.418 e. The van der Waals surface area contributed by atoms with Crippen LogP contribution in [0.4, 0.5) is 52.7 Å². The molecule has 11 rings (SSSR count). The maximum Gasteiger partial charge on any atom is 0.418 e. The first-order chi connectivity index (χ1) is 28.1. The zero-order chi connectivity index (χ0) is 42.5. The number of pyridine rings is 2. The van der Waals surface area contributed by atoms with Gasteiger partial charge in [-0.3, -0.25) is 23.5 Å². The third-order valence-corrected chi connectivity index (χ3v) is 11.6. The van der Waals surface area contributed by atoms with Crippen molar-refractivity contribution in [2.24, 2.45) is 4.99 Å². The minimum Gasteiger partial charge on any atom is -0.283 e. The molecule has 0 amide bonds. The van der Waals surface area contributed by atoms with Gasteiger partial charge in [0.25, 0.3) is 11.1 Å². The monoisotopic (exact) mass is 835 g/mol. The van der Waals surface area contributed by atoms with Gasteiger partial charge >= 0.3 is 24.7 Å². The molecule has 60 heavy (non-hydrogen) atoms. The fourth-order valence-electron chi connectivity index (χ4n) is 9.31. The van der Waals surface area contributed by atoms with Crippen LogP contribution in [0, 0.1) is 11.3 Å². The van der Waals surface area contributed by atoms with Crippen molar-refractivity contribution >= 4 is 81.3 Å². The Balaban J connectivity index is 1.28. The molecule has 0 fully saturated rings. The molecule has 0 N–H and O–H groups in total. The van der Waals surface area contributed by atoms with Crippen LogP contribution in [0.2, 0.25) is 0 Å². The van der Waals surface area contributed by atoms with Crippen LogP contribution in [-0.4, -0.2) is 32.3 Å². The summed E-state index contributed by atoms with van der Waals surface area (Å²) in [6.07, 6.45) is -20.5. The zero-order valence-electron chi connectivity index (χ0n) is 29.1. The van der Waals surface area contributed by atoms with Gasteiger partial charge in [0, 0.05) is 37.7 Å². The number of halogens is 12. The first-order valence-corrected chi connectivity index (χ1v) is 17.5. The number of alkyl halides is 12. The number of nitrogens with zero attached hydrogens (tertiary/aromatic N) is 5. The molecule has 6 aromatic carbocycles. The highest BCUT2D eigenvalue weighted by atomic mass is 19.4. The van der Waals surface area contributed by atoms with E-state index in [4.69, 9.17) is 0 Å². The molecule has 2 aliphatic rings. The number of nitriles is 1. The van der Waals surface area contributed by atoms with Crippen LogP contribution >= 0.6 is 0 Å². The fourth-order valence-corrected chi connectivity index (χ4v) is 9.31. The van der Waals surface area contributed by atoms with Gasteiger partial charge in [0.1, 0.15) is 22.7 Å². The van der Waals surface area contributed by atoms with Crippen molar-refractivity contribution in [2.75, 3.05) is 0 Å². The minimum atomic E-state index is -5.32. The fraction of sp³-hybridized carbons (Fsp3) is 0.146. The predicted molar refractivity (Wildman–Crippen MR) is 193 cm³/mol. The lowest BCUT2D eigenvalue weighted by Gasteiger charge is -2.27. The van der Waals surface area contributed by atoms with Gasteiger partial charge in [0.15, 0.2) is 0 Å². The van der Waals surface area contributed by atoms with Crippen LogP contribution in [-0.2, 0) is 12.4 Å². The number of fused-ring (bicyclic) bond motifs is 10. The van der Waals surface area contributed by atoms with E-state index in [-0.39, 0.29) is 71.7 Å². The van der Waals surface area contributed by atoms with E-state index < -0.39 is 86.9 Å². The molecular formula is C41H13F12N5O2. The number of imidazole rings is 1. The van der Waals surface area contributed by atoms with Crippen LogP contribution in [0.1, 0.15) is 22.7 Å². The highest BCUT2D eigenvalue weighted by molar-refractivity contribution is 6.40. The Morgan fingerprint density at radius 2 is 1.23 bits per heavy atom. The molecule has 19 heteroatoms. The predicted octanol–water partition coefficient (Wildman–Crippen LogP) is 9.97. The molecule has 3 aromatic heterocycles. The van der Waals surface area contributed by atoms with Gasteiger partial charge in [-0.1, -0.05) is 18.2 Å². The van der Waals surface area contributed by atoms with Crippen LogP contribution in [0.5, 0.6) is 0 Å². The smallest absolute Gasteiger partial charge is 0.283 e. The second-order valence-electron chi connectivity index (χ2n) is 14.7. The SMILES string of the molecule is N#Cc1cc2c(=O)n3c4cc(C(F)(F)F)cc(C(F)(F)F)c4nc3c3ccc4c5ccc6c(=O)n7c(c8ccc(c1c4c23)c5c68)=NC1C(C(F)(F)F)=CC(C(F)(F)F)=CC17. The Morgan fingerprint density at radius 1 is 0.617 bits per heavy atom. The molecule has 9 aromatic rings. The van der Waals surface area contributed by atoms with Gasteiger partial charge < -0.3 is 0 Å². The summed E-state index contributed by atoms with van der Waals surface area (Å²) in [5, 5.41) is 12.4. The average molecular weight is 836 g/mol. The molecule has 2 atom stereocenters. The summed E-state index contributed by atoms with van der Waals surface area (Å²) in [6, 6.07) is 8.33. The summed E-state index contributed by atoms with van der Waals surface area (Å²) in [4.78, 5) is 36.9. The van der Waals surface area contributed by atoms with Gasteiger partial charge in [0.2, 0.25) is 0 Å². The number of hydrogen-bond donors (Lipinski definition) is 0. The van der Waals surface area contributed by atoms with Crippen molar-refractivity contribution in [3.8, 4) is 6.07 Å². The summed E-state index contributed by atoms with van der Waals surface area (Å²) in [7, 11) is 0. The first-order valence-electron chi connectivity index (χ1n) is 17.5. The van der Waals surface area contributed by atoms with E-state index >= 15 is 0 Å². The molecule has 4 heterocycles. The number of rotatable bonds is 0. The van der Waals surface area contributed by atoms with Crippen LogP contribution < -0.4 is 16.6 Å². The Morgan fingerprint density at radius 3 is 1.88 bits per heavy atom. The lowest BCUT2D eigenvalue weighted by molar-refractivity contribution is -0.142. The summed E-state index contributed by atoms with van der Waals surface area (Å²) in [5.74, 6) is 0. The molecule has 7 nitrogen and oxygen atoms in total. The van der Waals surface area contributed by atoms with Crippen LogP contribution in [0.15, 0.2) is 92.5 Å². The van der Waals surface area contributed by atoms with E-state index in [1.165, 1.54) is 36.4 Å². The molecule has 0 bridgehead atoms. The molecular weight excluding hydrogens is 822 g/mol. The summed E-state index contributed by atoms with van der Waals surface area (Å²) in [5.41, 5.74) is -11.2. The Hall–Kier alpha value is -6.97. The number of hydrogen-bond acceptors (Lipinski definition) is 5. The second-order valence-corrected chi connectivity index (χ2v) is 14.7. The number of benzene rings is 6. The first kappa shape index (κ1) is 36.1. The van der Waals surface area contributed by atoms with Crippen molar-refractivity contribution < 1.29 is 52.7 Å². The van der Waals surface area contributed by atoms with Crippen LogP contribution in [0.25, 0.3) is 81.3 Å². The Bertz CT molecular complexity index is 3790. The molecule has 0 spiro atoms. The average Bonchev–Trinajstić information content (AvgIpc) is 3.76. The zero-order valence-corrected chi connectivity index (χ0v) is 29.1. The minimum absolute atomic E-state index is 0.0242. The van der Waals surface area contributed by atoms with Crippen molar-refractivity contribution in [3.05, 3.63) is 121 Å². The molecule has 1 aliphatic heterocycles. The van der Waals surface area contributed by atoms with Crippen molar-refractivity contribution in [3.63, 3.8) is 0 Å². The number of allylic oxidation sites excluding steroid dienone is 2. The quantitative estimate of drug-likeness (QED) is 0.0864. The summed E-state index contributed by atoms with van der Waals surface area (Å²) in [6.45, 7) is 0. The second kappa shape index (κ2) is 10.8. The topological polar surface area (TPSA) is 92.5 Å². The van der Waals surface area contributed by atoms with E-state index in [1.807, 2.05) is 6.07 Å². The van der Waals surface area contributed by atoms with Gasteiger partial charge in [-0.2, -0.15) is 57.9 Å². The molecule has 0 saturated heterocycles. The third kappa shape index (κ3) is 4.42. The summed E-state index contributed by atoms with van der Waals surface area (Å²) < 4.78 is 171. The van der Waals surface area contributed by atoms with E-state index in [1.54, 1.807) is 0 Å². The van der Waals surface area contributed by atoms with Crippen LogP contribution in [0.3, 0.4) is 0 Å². The van der Waals surface area contributed by atoms with Gasteiger partial charge in [-0.15, -0.1) is 0 Å². The lowest BCUT2D eigenvalue weighted by atomic mass is 9.84. The Labute approximate surface area is 321 Å². The van der Waals surface area contributed by atoms with Gasteiger partial charge in [0.05, 0.1) is 50.9 Å². The maximum absolute atomic E-state index is 14.3. The molecule has 2 unspecified atom stereocenters. The number of aromatic nitrogens is 3. The molecule has 1 aliphatic carbocycles.